The Balaban J connectivity index is 1.48. The largest absolute Gasteiger partial charge is 0.493 e. The smallest absolute Gasteiger partial charge is 0.243 e. The van der Waals surface area contributed by atoms with Crippen LogP contribution in [0.15, 0.2) is 82.2 Å². The van der Waals surface area contributed by atoms with Crippen LogP contribution in [0, 0.1) is 0 Å². The molecule has 216 valence electrons. The van der Waals surface area contributed by atoms with Gasteiger partial charge in [0.25, 0.3) is 0 Å². The fraction of sp³-hybridized carbons (Fsp3) is 0.300. The number of hydrogen-bond donors (Lipinski definition) is 1. The first-order chi connectivity index (χ1) is 19.7. The van der Waals surface area contributed by atoms with Gasteiger partial charge in [0.15, 0.2) is 17.3 Å². The number of carbonyl (C=O) groups excluding carboxylic acids is 1. The molecule has 0 fully saturated rings. The Morgan fingerprint density at radius 1 is 0.951 bits per heavy atom. The van der Waals surface area contributed by atoms with Gasteiger partial charge >= 0.3 is 0 Å². The number of nitrogens with one attached hydrogen (secondary N) is 1. The summed E-state index contributed by atoms with van der Waals surface area (Å²) in [4.78, 5) is 17.5. The van der Waals surface area contributed by atoms with Crippen LogP contribution >= 0.6 is 0 Å². The number of aromatic nitrogens is 2. The summed E-state index contributed by atoms with van der Waals surface area (Å²) in [6, 6.07) is 21.1. The summed E-state index contributed by atoms with van der Waals surface area (Å²) in [6.07, 6.45) is 0.922. The third-order valence-corrected chi connectivity index (χ3v) is 8.22. The van der Waals surface area contributed by atoms with Crippen molar-refractivity contribution in [3.05, 3.63) is 95.6 Å². The number of hydrogen-bond acceptors (Lipinski definition) is 8. The van der Waals surface area contributed by atoms with Crippen LogP contribution in [0.3, 0.4) is 0 Å². The normalized spacial score (nSPS) is 11.6. The molecule has 0 bridgehead atoms. The Morgan fingerprint density at radius 3 is 2.29 bits per heavy atom. The van der Waals surface area contributed by atoms with Crippen LogP contribution in [0.2, 0.25) is 0 Å². The van der Waals surface area contributed by atoms with Gasteiger partial charge in [-0.15, -0.1) is 0 Å². The Bertz CT molecular complexity index is 1550. The molecule has 4 aromatic rings. The van der Waals surface area contributed by atoms with Crippen molar-refractivity contribution in [3.63, 3.8) is 0 Å². The van der Waals surface area contributed by atoms with Crippen molar-refractivity contribution in [3.8, 4) is 11.5 Å². The van der Waals surface area contributed by atoms with Crippen molar-refractivity contribution in [2.75, 3.05) is 32.6 Å². The van der Waals surface area contributed by atoms with Gasteiger partial charge in [-0.05, 0) is 41.8 Å². The summed E-state index contributed by atoms with van der Waals surface area (Å²) >= 11 is 0. The Hall–Kier alpha value is -4.22. The predicted octanol–water partition coefficient (Wildman–Crippen LogP) is 4.67. The zero-order valence-electron chi connectivity index (χ0n) is 23.5. The third kappa shape index (κ3) is 7.71. The van der Waals surface area contributed by atoms with E-state index in [0.29, 0.717) is 36.0 Å². The van der Waals surface area contributed by atoms with Gasteiger partial charge in [0.05, 0.1) is 25.7 Å². The predicted molar refractivity (Wildman–Crippen MR) is 155 cm³/mol. The molecule has 1 amide bonds. The van der Waals surface area contributed by atoms with E-state index in [9.17, 15) is 13.2 Å². The molecule has 1 N–H and O–H groups in total. The van der Waals surface area contributed by atoms with E-state index in [2.05, 4.69) is 15.5 Å². The minimum atomic E-state index is -4.05. The van der Waals surface area contributed by atoms with E-state index in [1.165, 1.54) is 36.7 Å². The summed E-state index contributed by atoms with van der Waals surface area (Å²) in [5.41, 5.74) is 2.44. The number of rotatable bonds is 13. The highest BCUT2D eigenvalue weighted by Crippen LogP contribution is 2.30. The second-order valence-electron chi connectivity index (χ2n) is 9.72. The number of amides is 1. The number of methoxy groups -OCH3 is 2. The van der Waals surface area contributed by atoms with Gasteiger partial charge in [-0.3, -0.25) is 4.79 Å². The van der Waals surface area contributed by atoms with Crippen molar-refractivity contribution in [2.45, 2.75) is 37.5 Å². The van der Waals surface area contributed by atoms with E-state index in [0.717, 1.165) is 11.1 Å². The van der Waals surface area contributed by atoms with Gasteiger partial charge in [0.1, 0.15) is 0 Å². The molecule has 0 radical (unpaired) electrons. The number of nitrogens with zero attached hydrogens (tertiary/aromatic N) is 3. The van der Waals surface area contributed by atoms with Crippen LogP contribution in [-0.4, -0.2) is 56.1 Å². The molecule has 3 aromatic carbocycles. The van der Waals surface area contributed by atoms with E-state index < -0.39 is 15.9 Å². The average Bonchev–Trinajstić information content (AvgIpc) is 3.45. The Morgan fingerprint density at radius 2 is 1.66 bits per heavy atom. The first-order valence-electron chi connectivity index (χ1n) is 13.2. The second-order valence-corrected chi connectivity index (χ2v) is 11.7. The van der Waals surface area contributed by atoms with E-state index in [1.54, 1.807) is 12.1 Å². The first-order valence-corrected chi connectivity index (χ1v) is 14.6. The highest BCUT2D eigenvalue weighted by atomic mass is 32.2. The Kier molecular flexibility index (Phi) is 9.74. The molecule has 0 atom stereocenters. The van der Waals surface area contributed by atoms with Crippen molar-refractivity contribution >= 4 is 21.6 Å². The molecule has 1 heterocycles. The lowest BCUT2D eigenvalue weighted by Gasteiger charge is -2.22. The van der Waals surface area contributed by atoms with Gasteiger partial charge in [-0.2, -0.15) is 9.29 Å². The van der Waals surface area contributed by atoms with Crippen LogP contribution in [0.1, 0.15) is 42.6 Å². The number of benzene rings is 3. The van der Waals surface area contributed by atoms with Crippen molar-refractivity contribution in [1.29, 1.82) is 0 Å². The minimum absolute atomic E-state index is 0.00227. The van der Waals surface area contributed by atoms with Crippen LogP contribution in [-0.2, 0) is 27.7 Å². The standard InChI is InChI=1S/C30H34N4O6S/c1-21(2)30-32-28(33-40-30)18-23-10-12-24(13-11-23)31-29(35)20-34(17-16-22-8-6-5-7-9-22)41(36,37)25-14-15-26(38-3)27(19-25)39-4/h5-15,19,21H,16-18,20H2,1-4H3,(H,31,35). The molecule has 0 unspecified atom stereocenters. The van der Waals surface area contributed by atoms with E-state index in [-0.39, 0.29) is 29.7 Å². The van der Waals surface area contributed by atoms with Crippen LogP contribution < -0.4 is 14.8 Å². The molecule has 0 aliphatic heterocycles. The maximum Gasteiger partial charge on any atom is 0.243 e. The van der Waals surface area contributed by atoms with E-state index >= 15 is 0 Å². The lowest BCUT2D eigenvalue weighted by atomic mass is 10.1. The fourth-order valence-corrected chi connectivity index (χ4v) is 5.54. The quantitative estimate of drug-likeness (QED) is 0.243. The number of ether oxygens (including phenoxy) is 2. The number of carbonyl (C=O) groups is 1. The zero-order valence-corrected chi connectivity index (χ0v) is 24.3. The topological polar surface area (TPSA) is 124 Å². The van der Waals surface area contributed by atoms with Crippen LogP contribution in [0.25, 0.3) is 0 Å². The molecule has 0 aliphatic rings. The van der Waals surface area contributed by atoms with Crippen molar-refractivity contribution in [1.82, 2.24) is 14.4 Å². The average molecular weight is 579 g/mol. The summed E-state index contributed by atoms with van der Waals surface area (Å²) in [7, 11) is -1.14. The molecule has 1 aromatic heterocycles. The van der Waals surface area contributed by atoms with Gasteiger partial charge in [0.2, 0.25) is 21.8 Å². The first kappa shape index (κ1) is 29.8. The molecule has 0 spiro atoms. The monoisotopic (exact) mass is 578 g/mol. The lowest BCUT2D eigenvalue weighted by Crippen LogP contribution is -2.39. The number of sulfonamides is 1. The molecule has 41 heavy (non-hydrogen) atoms. The maximum absolute atomic E-state index is 13.7. The van der Waals surface area contributed by atoms with Gasteiger partial charge in [-0.25, -0.2) is 8.42 Å². The minimum Gasteiger partial charge on any atom is -0.493 e. The highest BCUT2D eigenvalue weighted by Gasteiger charge is 2.28. The molecule has 4 rings (SSSR count). The van der Waals surface area contributed by atoms with Gasteiger partial charge in [0, 0.05) is 30.6 Å². The molecular weight excluding hydrogens is 544 g/mol. The SMILES string of the molecule is COc1ccc(S(=O)(=O)N(CCc2ccccc2)CC(=O)Nc2ccc(Cc3noc(C(C)C)n3)cc2)cc1OC. The molecule has 10 nitrogen and oxygen atoms in total. The van der Waals surface area contributed by atoms with Gasteiger partial charge < -0.3 is 19.3 Å². The summed E-state index contributed by atoms with van der Waals surface area (Å²) in [6.45, 7) is 3.70. The third-order valence-electron chi connectivity index (χ3n) is 6.38. The van der Waals surface area contributed by atoms with Crippen LogP contribution in [0.5, 0.6) is 11.5 Å². The van der Waals surface area contributed by atoms with E-state index in [1.807, 2.05) is 56.3 Å². The van der Waals surface area contributed by atoms with Gasteiger partial charge in [-0.1, -0.05) is 61.5 Å². The maximum atomic E-state index is 13.7. The van der Waals surface area contributed by atoms with E-state index in [4.69, 9.17) is 14.0 Å². The summed E-state index contributed by atoms with van der Waals surface area (Å²) < 4.78 is 44.4. The van der Waals surface area contributed by atoms with Crippen molar-refractivity contribution in [2.24, 2.45) is 0 Å². The second kappa shape index (κ2) is 13.4. The lowest BCUT2D eigenvalue weighted by molar-refractivity contribution is -0.116. The fourth-order valence-electron chi connectivity index (χ4n) is 4.13. The van der Waals surface area contributed by atoms with Crippen LogP contribution in [0.4, 0.5) is 5.69 Å². The van der Waals surface area contributed by atoms with Crippen molar-refractivity contribution < 1.29 is 27.2 Å². The zero-order chi connectivity index (χ0) is 29.4. The molecule has 0 aliphatic carbocycles. The summed E-state index contributed by atoms with van der Waals surface area (Å²) in [5, 5.41) is 6.82. The number of anilines is 1. The molecule has 0 saturated heterocycles. The molecule has 11 heteroatoms. The molecular formula is C30H34N4O6S. The summed E-state index contributed by atoms with van der Waals surface area (Å²) in [5.74, 6) is 1.54. The highest BCUT2D eigenvalue weighted by molar-refractivity contribution is 7.89. The molecule has 0 saturated carbocycles. The Labute approximate surface area is 240 Å².